The van der Waals surface area contributed by atoms with Gasteiger partial charge < -0.3 is 5.32 Å². The number of aryl methyl sites for hydroxylation is 1. The predicted octanol–water partition coefficient (Wildman–Crippen LogP) is 4.40. The summed E-state index contributed by atoms with van der Waals surface area (Å²) in [6.45, 7) is 4.32. The van der Waals surface area contributed by atoms with Crippen LogP contribution in [0.4, 0.5) is 0 Å². The SMILES string of the molecule is CCCCCCCCC(NC)c1ccnc(C)c1. The van der Waals surface area contributed by atoms with Crippen LogP contribution >= 0.6 is 0 Å². The Morgan fingerprint density at radius 1 is 1.17 bits per heavy atom. The van der Waals surface area contributed by atoms with E-state index in [4.69, 9.17) is 0 Å². The van der Waals surface area contributed by atoms with Crippen molar-refractivity contribution in [2.75, 3.05) is 7.05 Å². The van der Waals surface area contributed by atoms with Gasteiger partial charge in [0.1, 0.15) is 0 Å². The number of rotatable bonds is 9. The van der Waals surface area contributed by atoms with Crippen LogP contribution in [0.5, 0.6) is 0 Å². The zero-order valence-corrected chi connectivity index (χ0v) is 12.2. The standard InChI is InChI=1S/C16H28N2/c1-4-5-6-7-8-9-10-16(17-3)15-11-12-18-14(2)13-15/h11-13,16-17H,4-10H2,1-3H3. The third kappa shape index (κ3) is 5.63. The maximum atomic E-state index is 4.26. The lowest BCUT2D eigenvalue weighted by Gasteiger charge is -2.16. The average Bonchev–Trinajstić information content (AvgIpc) is 2.38. The minimum Gasteiger partial charge on any atom is -0.313 e. The molecule has 0 aliphatic carbocycles. The highest BCUT2D eigenvalue weighted by Gasteiger charge is 2.08. The molecule has 1 aromatic rings. The van der Waals surface area contributed by atoms with Crippen LogP contribution in [0.2, 0.25) is 0 Å². The number of hydrogen-bond donors (Lipinski definition) is 1. The summed E-state index contributed by atoms with van der Waals surface area (Å²) in [5.74, 6) is 0. The van der Waals surface area contributed by atoms with Crippen molar-refractivity contribution < 1.29 is 0 Å². The summed E-state index contributed by atoms with van der Waals surface area (Å²) in [6, 6.07) is 4.81. The van der Waals surface area contributed by atoms with Crippen LogP contribution in [0.3, 0.4) is 0 Å². The van der Waals surface area contributed by atoms with Gasteiger partial charge in [-0.15, -0.1) is 0 Å². The molecule has 2 heteroatoms. The van der Waals surface area contributed by atoms with Crippen LogP contribution in [0, 0.1) is 6.92 Å². The molecular formula is C16H28N2. The number of hydrogen-bond acceptors (Lipinski definition) is 2. The molecule has 0 amide bonds. The summed E-state index contributed by atoms with van der Waals surface area (Å²) in [6.07, 6.45) is 11.3. The second-order valence-corrected chi connectivity index (χ2v) is 5.13. The second-order valence-electron chi connectivity index (χ2n) is 5.13. The Morgan fingerprint density at radius 3 is 2.56 bits per heavy atom. The fourth-order valence-corrected chi connectivity index (χ4v) is 2.39. The highest BCUT2D eigenvalue weighted by atomic mass is 14.9. The third-order valence-corrected chi connectivity index (χ3v) is 3.52. The molecule has 0 spiro atoms. The van der Waals surface area contributed by atoms with E-state index < -0.39 is 0 Å². The molecule has 1 rings (SSSR count). The van der Waals surface area contributed by atoms with E-state index in [-0.39, 0.29) is 0 Å². The van der Waals surface area contributed by atoms with E-state index in [1.54, 1.807) is 0 Å². The number of aromatic nitrogens is 1. The molecule has 1 aromatic heterocycles. The molecular weight excluding hydrogens is 220 g/mol. The summed E-state index contributed by atoms with van der Waals surface area (Å²) in [4.78, 5) is 4.26. The molecule has 0 saturated carbocycles. The quantitative estimate of drug-likeness (QED) is 0.655. The summed E-state index contributed by atoms with van der Waals surface area (Å²) in [5.41, 5.74) is 2.48. The Labute approximate surface area is 112 Å². The Hall–Kier alpha value is -0.890. The van der Waals surface area contributed by atoms with Gasteiger partial charge in [-0.05, 0) is 38.1 Å². The average molecular weight is 248 g/mol. The first-order chi connectivity index (χ1) is 8.77. The van der Waals surface area contributed by atoms with Crippen LogP contribution in [0.25, 0.3) is 0 Å². The lowest BCUT2D eigenvalue weighted by molar-refractivity contribution is 0.497. The molecule has 1 unspecified atom stereocenters. The highest BCUT2D eigenvalue weighted by Crippen LogP contribution is 2.20. The van der Waals surface area contributed by atoms with Gasteiger partial charge in [-0.3, -0.25) is 4.98 Å². The van der Waals surface area contributed by atoms with Gasteiger partial charge in [0.15, 0.2) is 0 Å². The molecule has 102 valence electrons. The fraction of sp³-hybridized carbons (Fsp3) is 0.688. The number of pyridine rings is 1. The first kappa shape index (κ1) is 15.2. The largest absolute Gasteiger partial charge is 0.313 e. The molecule has 1 N–H and O–H groups in total. The van der Waals surface area contributed by atoms with Gasteiger partial charge in [-0.25, -0.2) is 0 Å². The van der Waals surface area contributed by atoms with Gasteiger partial charge in [-0.1, -0.05) is 45.4 Å². The Morgan fingerprint density at radius 2 is 1.89 bits per heavy atom. The van der Waals surface area contributed by atoms with Crippen LogP contribution in [-0.2, 0) is 0 Å². The molecule has 0 bridgehead atoms. The number of nitrogens with zero attached hydrogens (tertiary/aromatic N) is 1. The minimum atomic E-state index is 0.484. The fourth-order valence-electron chi connectivity index (χ4n) is 2.39. The smallest absolute Gasteiger partial charge is 0.0375 e. The maximum Gasteiger partial charge on any atom is 0.0375 e. The van der Waals surface area contributed by atoms with E-state index in [1.807, 2.05) is 6.20 Å². The van der Waals surface area contributed by atoms with Crippen LogP contribution in [-0.4, -0.2) is 12.0 Å². The lowest BCUT2D eigenvalue weighted by atomic mass is 10.00. The van der Waals surface area contributed by atoms with Crippen molar-refractivity contribution in [3.05, 3.63) is 29.6 Å². The van der Waals surface area contributed by atoms with Crippen molar-refractivity contribution in [2.45, 2.75) is 64.8 Å². The zero-order chi connectivity index (χ0) is 13.2. The number of nitrogens with one attached hydrogen (secondary N) is 1. The van der Waals surface area contributed by atoms with E-state index >= 15 is 0 Å². The molecule has 1 heterocycles. The Bertz CT molecular complexity index is 323. The van der Waals surface area contributed by atoms with Crippen molar-refractivity contribution in [1.82, 2.24) is 10.3 Å². The normalized spacial score (nSPS) is 12.6. The molecule has 0 aliphatic rings. The first-order valence-corrected chi connectivity index (χ1v) is 7.37. The van der Waals surface area contributed by atoms with Gasteiger partial charge >= 0.3 is 0 Å². The molecule has 0 fully saturated rings. The van der Waals surface area contributed by atoms with Gasteiger partial charge in [0.25, 0.3) is 0 Å². The lowest BCUT2D eigenvalue weighted by Crippen LogP contribution is -2.16. The van der Waals surface area contributed by atoms with Crippen LogP contribution in [0.1, 0.15) is 69.2 Å². The molecule has 0 saturated heterocycles. The van der Waals surface area contributed by atoms with Crippen LogP contribution < -0.4 is 5.32 Å². The van der Waals surface area contributed by atoms with E-state index in [0.717, 1.165) is 5.69 Å². The van der Waals surface area contributed by atoms with Crippen molar-refractivity contribution in [2.24, 2.45) is 0 Å². The van der Waals surface area contributed by atoms with Crippen molar-refractivity contribution >= 4 is 0 Å². The van der Waals surface area contributed by atoms with Crippen molar-refractivity contribution in [3.63, 3.8) is 0 Å². The number of unbranched alkanes of at least 4 members (excludes halogenated alkanes) is 5. The van der Waals surface area contributed by atoms with E-state index in [0.29, 0.717) is 6.04 Å². The Kier molecular flexibility index (Phi) is 7.66. The van der Waals surface area contributed by atoms with E-state index in [9.17, 15) is 0 Å². The van der Waals surface area contributed by atoms with Gasteiger partial charge in [-0.2, -0.15) is 0 Å². The van der Waals surface area contributed by atoms with Gasteiger partial charge in [0.2, 0.25) is 0 Å². The minimum absolute atomic E-state index is 0.484. The van der Waals surface area contributed by atoms with Crippen LogP contribution in [0.15, 0.2) is 18.3 Å². The monoisotopic (exact) mass is 248 g/mol. The topological polar surface area (TPSA) is 24.9 Å². The van der Waals surface area contributed by atoms with Crippen molar-refractivity contribution in [3.8, 4) is 0 Å². The zero-order valence-electron chi connectivity index (χ0n) is 12.2. The molecule has 0 radical (unpaired) electrons. The summed E-state index contributed by atoms with van der Waals surface area (Å²) in [5, 5.41) is 3.42. The maximum absolute atomic E-state index is 4.26. The van der Waals surface area contributed by atoms with Gasteiger partial charge in [0, 0.05) is 17.9 Å². The third-order valence-electron chi connectivity index (χ3n) is 3.52. The van der Waals surface area contributed by atoms with Gasteiger partial charge in [0.05, 0.1) is 0 Å². The van der Waals surface area contributed by atoms with E-state index in [1.165, 1.54) is 50.5 Å². The second kappa shape index (κ2) is 9.09. The first-order valence-electron chi connectivity index (χ1n) is 7.37. The van der Waals surface area contributed by atoms with E-state index in [2.05, 4.69) is 43.3 Å². The molecule has 2 nitrogen and oxygen atoms in total. The molecule has 1 atom stereocenters. The van der Waals surface area contributed by atoms with Crippen molar-refractivity contribution in [1.29, 1.82) is 0 Å². The summed E-state index contributed by atoms with van der Waals surface area (Å²) < 4.78 is 0. The molecule has 18 heavy (non-hydrogen) atoms. The predicted molar refractivity (Wildman–Crippen MR) is 78.8 cm³/mol. The molecule has 0 aromatic carbocycles. The Balaban J connectivity index is 2.29. The molecule has 0 aliphatic heterocycles. The summed E-state index contributed by atoms with van der Waals surface area (Å²) in [7, 11) is 2.05. The summed E-state index contributed by atoms with van der Waals surface area (Å²) >= 11 is 0. The highest BCUT2D eigenvalue weighted by molar-refractivity contribution is 5.19.